The lowest BCUT2D eigenvalue weighted by atomic mass is 10.0. The zero-order valence-electron chi connectivity index (χ0n) is 17.8. The Morgan fingerprint density at radius 3 is 2.84 bits per heavy atom. The fraction of sp³-hybridized carbons (Fsp3) is 0.545. The first-order valence-electron chi connectivity index (χ1n) is 11.0. The van der Waals surface area contributed by atoms with E-state index in [1.807, 2.05) is 30.1 Å². The lowest BCUT2D eigenvalue weighted by Crippen LogP contribution is -2.58. The largest absolute Gasteiger partial charge is 0.490 e. The van der Waals surface area contributed by atoms with E-state index in [1.165, 1.54) is 6.33 Å². The molecule has 164 valence electrons. The van der Waals surface area contributed by atoms with Crippen molar-refractivity contribution in [1.29, 1.82) is 0 Å². The molecule has 1 atom stereocenters. The number of hydrogen-bond acceptors (Lipinski definition) is 6. The second-order valence-corrected chi connectivity index (χ2v) is 8.67. The normalized spacial score (nSPS) is 22.5. The first kappa shape index (κ1) is 20.0. The van der Waals surface area contributed by atoms with Crippen molar-refractivity contribution in [2.45, 2.75) is 31.7 Å². The number of nitrogens with zero attached hydrogens (tertiary/aromatic N) is 5. The van der Waals surface area contributed by atoms with E-state index in [0.717, 1.165) is 37.1 Å². The second-order valence-electron chi connectivity index (χ2n) is 8.67. The third-order valence-corrected chi connectivity index (χ3v) is 6.62. The van der Waals surface area contributed by atoms with Crippen LogP contribution in [0.5, 0.6) is 5.75 Å². The Balaban J connectivity index is 1.35. The monoisotopic (exact) mass is 424 g/mol. The number of aryl methyl sites for hydroxylation is 1. The molecule has 3 heterocycles. The summed E-state index contributed by atoms with van der Waals surface area (Å²) in [4.78, 5) is 34.1. The number of nitrogens with one attached hydrogen (secondary N) is 1. The molecular weight excluding hydrogens is 396 g/mol. The summed E-state index contributed by atoms with van der Waals surface area (Å²) in [7, 11) is 1.83. The van der Waals surface area contributed by atoms with Gasteiger partial charge in [0.2, 0.25) is 11.8 Å². The number of aromatic nitrogens is 3. The van der Waals surface area contributed by atoms with Crippen molar-refractivity contribution in [2.75, 3.05) is 38.1 Å². The van der Waals surface area contributed by atoms with Crippen molar-refractivity contribution < 1.29 is 14.3 Å². The minimum absolute atomic E-state index is 0.00535. The van der Waals surface area contributed by atoms with Gasteiger partial charge in [-0.3, -0.25) is 14.5 Å². The third-order valence-electron chi connectivity index (χ3n) is 6.62. The molecule has 0 spiro atoms. The molecule has 1 aromatic carbocycles. The molecule has 0 bridgehead atoms. The molecule has 5 rings (SSSR count). The maximum atomic E-state index is 12.9. The fourth-order valence-electron chi connectivity index (χ4n) is 4.90. The molecule has 2 aromatic rings. The van der Waals surface area contributed by atoms with Gasteiger partial charge in [0, 0.05) is 38.2 Å². The Kier molecular flexibility index (Phi) is 5.35. The van der Waals surface area contributed by atoms with E-state index in [-0.39, 0.29) is 30.3 Å². The Morgan fingerprint density at radius 1 is 1.23 bits per heavy atom. The molecule has 1 aliphatic carbocycles. The Morgan fingerprint density at radius 2 is 2.06 bits per heavy atom. The van der Waals surface area contributed by atoms with Gasteiger partial charge in [-0.2, -0.15) is 5.10 Å². The van der Waals surface area contributed by atoms with Gasteiger partial charge in [-0.25, -0.2) is 9.67 Å². The zero-order valence-corrected chi connectivity index (χ0v) is 17.8. The summed E-state index contributed by atoms with van der Waals surface area (Å²) in [6, 6.07) is 5.65. The van der Waals surface area contributed by atoms with E-state index >= 15 is 0 Å². The molecule has 9 heteroatoms. The van der Waals surface area contributed by atoms with Crippen molar-refractivity contribution >= 4 is 17.5 Å². The van der Waals surface area contributed by atoms with Gasteiger partial charge < -0.3 is 15.0 Å². The van der Waals surface area contributed by atoms with Gasteiger partial charge in [-0.1, -0.05) is 12.8 Å². The average Bonchev–Trinajstić information content (AvgIpc) is 3.45. The van der Waals surface area contributed by atoms with Crippen LogP contribution in [0, 0.1) is 5.92 Å². The van der Waals surface area contributed by atoms with Crippen molar-refractivity contribution in [3.63, 3.8) is 0 Å². The van der Waals surface area contributed by atoms with Gasteiger partial charge in [0.1, 0.15) is 18.7 Å². The van der Waals surface area contributed by atoms with Crippen LogP contribution in [0.25, 0.3) is 11.4 Å². The summed E-state index contributed by atoms with van der Waals surface area (Å²) in [5.41, 5.74) is 1.48. The van der Waals surface area contributed by atoms with E-state index in [4.69, 9.17) is 4.74 Å². The number of fused-ring (bicyclic) bond motifs is 2. The molecule has 1 saturated carbocycles. The summed E-state index contributed by atoms with van der Waals surface area (Å²) < 4.78 is 7.84. The van der Waals surface area contributed by atoms with Gasteiger partial charge in [0.05, 0.1) is 18.3 Å². The van der Waals surface area contributed by atoms with Crippen LogP contribution in [0.4, 0.5) is 5.69 Å². The maximum Gasteiger partial charge on any atom is 0.238 e. The Labute approximate surface area is 181 Å². The number of carbonyl (C=O) groups excluding carboxylic acids is 2. The van der Waals surface area contributed by atoms with Crippen molar-refractivity contribution in [1.82, 2.24) is 24.6 Å². The second kappa shape index (κ2) is 8.30. The number of benzene rings is 1. The van der Waals surface area contributed by atoms with E-state index in [2.05, 4.69) is 20.3 Å². The average molecular weight is 425 g/mol. The SMILES string of the molecule is Cn1ncnc1-c1ccc2c(c1)NC(=O)CN1CCN(C(=O)C3CCCC3)C[C@@H]1CO2. The molecule has 2 amide bonds. The fourth-order valence-corrected chi connectivity index (χ4v) is 4.90. The van der Waals surface area contributed by atoms with Crippen LogP contribution in [0.2, 0.25) is 0 Å². The predicted molar refractivity (Wildman–Crippen MR) is 114 cm³/mol. The predicted octanol–water partition coefficient (Wildman–Crippen LogP) is 1.52. The highest BCUT2D eigenvalue weighted by Crippen LogP contribution is 2.32. The summed E-state index contributed by atoms with van der Waals surface area (Å²) in [5.74, 6) is 1.71. The minimum Gasteiger partial charge on any atom is -0.490 e. The highest BCUT2D eigenvalue weighted by atomic mass is 16.5. The van der Waals surface area contributed by atoms with Gasteiger partial charge in [0.15, 0.2) is 5.82 Å². The van der Waals surface area contributed by atoms with Crippen LogP contribution in [-0.4, -0.2) is 75.2 Å². The van der Waals surface area contributed by atoms with E-state index < -0.39 is 0 Å². The molecule has 0 radical (unpaired) electrons. The number of hydrogen-bond donors (Lipinski definition) is 1. The first-order valence-corrected chi connectivity index (χ1v) is 11.0. The maximum absolute atomic E-state index is 12.9. The van der Waals surface area contributed by atoms with Crippen molar-refractivity contribution in [3.05, 3.63) is 24.5 Å². The smallest absolute Gasteiger partial charge is 0.238 e. The molecule has 0 unspecified atom stereocenters. The number of amides is 2. The molecular formula is C22H28N6O3. The third kappa shape index (κ3) is 4.01. The molecule has 31 heavy (non-hydrogen) atoms. The van der Waals surface area contributed by atoms with Crippen LogP contribution in [-0.2, 0) is 16.6 Å². The molecule has 1 N–H and O–H groups in total. The molecule has 1 saturated heterocycles. The van der Waals surface area contributed by atoms with Crippen LogP contribution in [0.15, 0.2) is 24.5 Å². The minimum atomic E-state index is -0.0811. The topological polar surface area (TPSA) is 92.6 Å². The lowest BCUT2D eigenvalue weighted by Gasteiger charge is -2.41. The van der Waals surface area contributed by atoms with E-state index in [0.29, 0.717) is 37.7 Å². The van der Waals surface area contributed by atoms with Crippen LogP contribution < -0.4 is 10.1 Å². The Bertz CT molecular complexity index is 983. The summed E-state index contributed by atoms with van der Waals surface area (Å²) in [6.45, 7) is 2.67. The lowest BCUT2D eigenvalue weighted by molar-refractivity contribution is -0.139. The molecule has 2 aliphatic heterocycles. The number of ether oxygens (including phenoxy) is 1. The van der Waals surface area contributed by atoms with Gasteiger partial charge in [-0.05, 0) is 31.0 Å². The van der Waals surface area contributed by atoms with Gasteiger partial charge in [-0.15, -0.1) is 0 Å². The van der Waals surface area contributed by atoms with Crippen LogP contribution in [0.3, 0.4) is 0 Å². The van der Waals surface area contributed by atoms with Crippen LogP contribution >= 0.6 is 0 Å². The highest BCUT2D eigenvalue weighted by molar-refractivity contribution is 5.94. The Hall–Kier alpha value is -2.94. The summed E-state index contributed by atoms with van der Waals surface area (Å²) >= 11 is 0. The van der Waals surface area contributed by atoms with E-state index in [9.17, 15) is 9.59 Å². The van der Waals surface area contributed by atoms with Gasteiger partial charge in [0.25, 0.3) is 0 Å². The van der Waals surface area contributed by atoms with E-state index in [1.54, 1.807) is 4.68 Å². The number of piperazine rings is 1. The molecule has 2 fully saturated rings. The summed E-state index contributed by atoms with van der Waals surface area (Å²) in [6.07, 6.45) is 5.81. The first-order chi connectivity index (χ1) is 15.1. The standard InChI is InChI=1S/C22H28N6O3/c1-26-21(23-14-24-26)16-6-7-19-18(10-16)25-20(29)12-27-8-9-28(11-17(27)13-31-19)22(30)15-4-2-3-5-15/h6-7,10,14-15,17H,2-5,8-9,11-13H2,1H3,(H,25,29)/t17-/m1/s1. The number of rotatable bonds is 2. The molecule has 9 nitrogen and oxygen atoms in total. The quantitative estimate of drug-likeness (QED) is 0.786. The molecule has 1 aromatic heterocycles. The number of carbonyl (C=O) groups is 2. The van der Waals surface area contributed by atoms with Gasteiger partial charge >= 0.3 is 0 Å². The molecule has 3 aliphatic rings. The zero-order chi connectivity index (χ0) is 21.4. The highest BCUT2D eigenvalue weighted by Gasteiger charge is 2.35. The summed E-state index contributed by atoms with van der Waals surface area (Å²) in [5, 5.41) is 7.11. The van der Waals surface area contributed by atoms with Crippen molar-refractivity contribution in [2.24, 2.45) is 13.0 Å². The van der Waals surface area contributed by atoms with Crippen LogP contribution in [0.1, 0.15) is 25.7 Å². The number of anilines is 1. The van der Waals surface area contributed by atoms with Crippen molar-refractivity contribution in [3.8, 4) is 17.1 Å².